The zero-order valence-electron chi connectivity index (χ0n) is 17.1. The van der Waals surface area contributed by atoms with Crippen molar-refractivity contribution in [1.82, 2.24) is 14.3 Å². The summed E-state index contributed by atoms with van der Waals surface area (Å²) in [6, 6.07) is 1.41. The van der Waals surface area contributed by atoms with E-state index in [0.29, 0.717) is 0 Å². The first-order valence-corrected chi connectivity index (χ1v) is 13.6. The van der Waals surface area contributed by atoms with Crippen molar-refractivity contribution >= 4 is 37.7 Å². The minimum Gasteiger partial charge on any atom is -0.317 e. The third-order valence-electron chi connectivity index (χ3n) is 5.46. The summed E-state index contributed by atoms with van der Waals surface area (Å²) in [6.07, 6.45) is 10.8. The molecule has 2 aliphatic carbocycles. The molecule has 9 nitrogen and oxygen atoms in total. The summed E-state index contributed by atoms with van der Waals surface area (Å²) in [5, 5.41) is 3.57. The van der Waals surface area contributed by atoms with Crippen LogP contribution in [0.3, 0.4) is 0 Å². The molecule has 0 atom stereocenters. The van der Waals surface area contributed by atoms with Gasteiger partial charge in [0.15, 0.2) is 9.84 Å². The molecule has 2 aliphatic rings. The maximum atomic E-state index is 12.5. The molecule has 0 aliphatic heterocycles. The van der Waals surface area contributed by atoms with E-state index in [1.807, 2.05) is 4.72 Å². The summed E-state index contributed by atoms with van der Waals surface area (Å²) in [5.41, 5.74) is 5.42. The van der Waals surface area contributed by atoms with Crippen LogP contribution in [0.4, 0.5) is 10.5 Å². The monoisotopic (exact) mass is 464 g/mol. The molecule has 1 aromatic carbocycles. The van der Waals surface area contributed by atoms with Crippen molar-refractivity contribution in [2.24, 2.45) is 0 Å². The number of carbonyl (C=O) groups is 1. The summed E-state index contributed by atoms with van der Waals surface area (Å²) in [4.78, 5) is 16.5. The van der Waals surface area contributed by atoms with Crippen LogP contribution in [0.25, 0.3) is 6.08 Å². The van der Waals surface area contributed by atoms with Gasteiger partial charge >= 0.3 is 6.03 Å². The van der Waals surface area contributed by atoms with Gasteiger partial charge in [-0.1, -0.05) is 6.07 Å². The highest BCUT2D eigenvalue weighted by atomic mass is 32.2. The fourth-order valence-corrected chi connectivity index (χ4v) is 5.66. The molecule has 11 heteroatoms. The Balaban J connectivity index is 1.49. The van der Waals surface area contributed by atoms with Gasteiger partial charge in [0.1, 0.15) is 11.7 Å². The minimum atomic E-state index is -4.11. The molecule has 0 bridgehead atoms. The largest absolute Gasteiger partial charge is 0.333 e. The van der Waals surface area contributed by atoms with Crippen molar-refractivity contribution in [3.05, 3.63) is 51.9 Å². The summed E-state index contributed by atoms with van der Waals surface area (Å²) < 4.78 is 51.0. The van der Waals surface area contributed by atoms with Crippen LogP contribution >= 0.6 is 0 Å². The zero-order chi connectivity index (χ0) is 22.2. The molecule has 4 rings (SSSR count). The number of sulfone groups is 1. The van der Waals surface area contributed by atoms with Crippen molar-refractivity contribution in [2.45, 2.75) is 44.4 Å². The molecule has 166 valence electrons. The molecule has 0 saturated carbocycles. The third kappa shape index (κ3) is 4.99. The lowest BCUT2D eigenvalue weighted by molar-refractivity contribution is 0.256. The molecule has 0 spiro atoms. The topological polar surface area (TPSA) is 127 Å². The van der Waals surface area contributed by atoms with Crippen LogP contribution in [-0.2, 0) is 51.4 Å². The molecule has 2 aromatic rings. The number of aromatic nitrogens is 2. The van der Waals surface area contributed by atoms with Gasteiger partial charge < -0.3 is 9.88 Å². The number of benzene rings is 1. The lowest BCUT2D eigenvalue weighted by Gasteiger charge is -2.16. The SMILES string of the molecule is CS(=O)(=O)Cn1ccnc1/C=C/S(=O)(=O)NC(=O)Nc1c2c(cc3c1CCC3)CCC2. The van der Waals surface area contributed by atoms with Gasteiger partial charge in [-0.05, 0) is 66.9 Å². The van der Waals surface area contributed by atoms with Crippen LogP contribution in [-0.4, -0.2) is 38.7 Å². The van der Waals surface area contributed by atoms with E-state index in [2.05, 4.69) is 16.4 Å². The van der Waals surface area contributed by atoms with Gasteiger partial charge in [-0.25, -0.2) is 31.3 Å². The number of nitrogens with one attached hydrogen (secondary N) is 2. The van der Waals surface area contributed by atoms with Crippen molar-refractivity contribution in [3.63, 3.8) is 0 Å². The molecule has 0 unspecified atom stereocenters. The summed E-state index contributed by atoms with van der Waals surface area (Å²) in [7, 11) is -7.44. The van der Waals surface area contributed by atoms with Crippen molar-refractivity contribution < 1.29 is 21.6 Å². The number of nitrogens with zero attached hydrogens (tertiary/aromatic N) is 2. The molecule has 2 amide bonds. The van der Waals surface area contributed by atoms with Crippen molar-refractivity contribution in [3.8, 4) is 0 Å². The van der Waals surface area contributed by atoms with Gasteiger partial charge in [0.05, 0.1) is 5.41 Å². The van der Waals surface area contributed by atoms with Gasteiger partial charge in [0.2, 0.25) is 0 Å². The first-order chi connectivity index (χ1) is 14.6. The van der Waals surface area contributed by atoms with E-state index in [9.17, 15) is 21.6 Å². The molecule has 2 N–H and O–H groups in total. The first-order valence-electron chi connectivity index (χ1n) is 9.98. The van der Waals surface area contributed by atoms with Crippen LogP contribution in [0, 0.1) is 0 Å². The summed E-state index contributed by atoms with van der Waals surface area (Å²) in [6.45, 7) is 0. The van der Waals surface area contributed by atoms with E-state index in [0.717, 1.165) is 73.1 Å². The molecule has 1 aromatic heterocycles. The predicted molar refractivity (Wildman–Crippen MR) is 118 cm³/mol. The highest BCUT2D eigenvalue weighted by molar-refractivity contribution is 7.93. The number of aryl methyl sites for hydroxylation is 2. The fourth-order valence-electron chi connectivity index (χ4n) is 4.26. The normalized spacial score (nSPS) is 15.8. The number of fused-ring (bicyclic) bond motifs is 2. The predicted octanol–water partition coefficient (Wildman–Crippen LogP) is 1.98. The zero-order valence-corrected chi connectivity index (χ0v) is 18.7. The van der Waals surface area contributed by atoms with E-state index in [1.54, 1.807) is 0 Å². The molecule has 0 saturated heterocycles. The quantitative estimate of drug-likeness (QED) is 0.673. The van der Waals surface area contributed by atoms with E-state index < -0.39 is 25.9 Å². The fraction of sp³-hybridized carbons (Fsp3) is 0.400. The van der Waals surface area contributed by atoms with Gasteiger partial charge in [-0.15, -0.1) is 0 Å². The Morgan fingerprint density at radius 2 is 1.74 bits per heavy atom. The Kier molecular flexibility index (Phi) is 5.65. The van der Waals surface area contributed by atoms with E-state index in [4.69, 9.17) is 0 Å². The van der Waals surface area contributed by atoms with Crippen LogP contribution in [0.1, 0.15) is 40.9 Å². The molecule has 1 heterocycles. The van der Waals surface area contributed by atoms with E-state index in [1.165, 1.54) is 28.1 Å². The van der Waals surface area contributed by atoms with Crippen LogP contribution in [0.15, 0.2) is 23.9 Å². The lowest BCUT2D eigenvalue weighted by atomic mass is 9.99. The average Bonchev–Trinajstić information content (AvgIpc) is 3.38. The number of sulfonamides is 1. The first kappa shape index (κ1) is 21.6. The molecular formula is C20H24N4O5S2. The number of hydrogen-bond acceptors (Lipinski definition) is 6. The molecular weight excluding hydrogens is 440 g/mol. The van der Waals surface area contributed by atoms with Crippen LogP contribution < -0.4 is 10.0 Å². The Labute approximate surface area is 181 Å². The van der Waals surface area contributed by atoms with E-state index >= 15 is 0 Å². The molecule has 31 heavy (non-hydrogen) atoms. The van der Waals surface area contributed by atoms with Crippen molar-refractivity contribution in [1.29, 1.82) is 0 Å². The number of rotatable bonds is 6. The summed E-state index contributed by atoms with van der Waals surface area (Å²) in [5.74, 6) is -0.180. The lowest BCUT2D eigenvalue weighted by Crippen LogP contribution is -2.33. The standard InChI is InChI=1S/C20H24N4O5S2/c1-30(26,27)13-24-10-9-21-18(24)8-11-31(28,29)23-20(25)22-19-16-6-2-4-14(16)12-15-5-3-7-17(15)19/h8-12H,2-7,13H2,1H3,(H2,22,23,25)/b11-8+. The molecule has 0 fully saturated rings. The smallest absolute Gasteiger partial charge is 0.317 e. The Morgan fingerprint density at radius 1 is 1.10 bits per heavy atom. The number of anilines is 1. The van der Waals surface area contributed by atoms with Gasteiger partial charge in [0.25, 0.3) is 10.0 Å². The van der Waals surface area contributed by atoms with Crippen LogP contribution in [0.5, 0.6) is 0 Å². The Hall–Kier alpha value is -2.66. The van der Waals surface area contributed by atoms with Crippen molar-refractivity contribution in [2.75, 3.05) is 11.6 Å². The Morgan fingerprint density at radius 3 is 2.35 bits per heavy atom. The molecule has 0 radical (unpaired) electrons. The van der Waals surface area contributed by atoms with Gasteiger partial charge in [-0.2, -0.15) is 0 Å². The number of hydrogen-bond donors (Lipinski definition) is 2. The Bertz CT molecular complexity index is 1240. The highest BCUT2D eigenvalue weighted by Crippen LogP contribution is 2.38. The average molecular weight is 465 g/mol. The second-order valence-corrected chi connectivity index (χ2v) is 11.6. The van der Waals surface area contributed by atoms with Crippen LogP contribution in [0.2, 0.25) is 0 Å². The third-order valence-corrected chi connectivity index (χ3v) is 7.18. The maximum absolute atomic E-state index is 12.5. The second kappa shape index (κ2) is 8.12. The summed E-state index contributed by atoms with van der Waals surface area (Å²) >= 11 is 0. The maximum Gasteiger partial charge on any atom is 0.333 e. The van der Waals surface area contributed by atoms with Gasteiger partial charge in [0, 0.05) is 24.3 Å². The number of carbonyl (C=O) groups excluding carboxylic acids is 1. The number of amides is 2. The minimum absolute atomic E-state index is 0.148. The van der Waals surface area contributed by atoms with Gasteiger partial charge in [-0.3, -0.25) is 0 Å². The number of urea groups is 1. The number of imidazole rings is 1. The highest BCUT2D eigenvalue weighted by Gasteiger charge is 2.25. The van der Waals surface area contributed by atoms with E-state index in [-0.39, 0.29) is 11.7 Å². The second-order valence-electron chi connectivity index (χ2n) is 7.95.